The zero-order valence-corrected chi connectivity index (χ0v) is 14.1. The quantitative estimate of drug-likeness (QED) is 0.851. The van der Waals surface area contributed by atoms with Gasteiger partial charge in [-0.2, -0.15) is 0 Å². The van der Waals surface area contributed by atoms with Crippen LogP contribution in [-0.4, -0.2) is 38.2 Å². The Morgan fingerprint density at radius 1 is 1.17 bits per heavy atom. The number of hydrogen-bond donors (Lipinski definition) is 1. The molecule has 1 atom stereocenters. The fraction of sp³-hybridized carbons (Fsp3) is 0.400. The molecule has 3 nitrogen and oxygen atoms in total. The highest BCUT2D eigenvalue weighted by Gasteiger charge is 2.22. The van der Waals surface area contributed by atoms with Crippen LogP contribution in [0.4, 0.5) is 0 Å². The molecule has 23 heavy (non-hydrogen) atoms. The third-order valence-corrected chi connectivity index (χ3v) is 4.59. The molecule has 0 aliphatic carbocycles. The van der Waals surface area contributed by atoms with Crippen LogP contribution in [0.1, 0.15) is 24.9 Å². The molecule has 0 saturated carbocycles. The van der Waals surface area contributed by atoms with Gasteiger partial charge in [0.25, 0.3) is 0 Å². The number of rotatable bonds is 5. The largest absolute Gasteiger partial charge is 0.497 e. The first-order chi connectivity index (χ1) is 11.2. The fourth-order valence-electron chi connectivity index (χ4n) is 3.36. The van der Waals surface area contributed by atoms with Crippen molar-refractivity contribution in [1.82, 2.24) is 10.2 Å². The van der Waals surface area contributed by atoms with E-state index in [1.165, 1.54) is 21.9 Å². The lowest BCUT2D eigenvalue weighted by molar-refractivity contribution is 0.172. The Kier molecular flexibility index (Phi) is 4.99. The van der Waals surface area contributed by atoms with Crippen molar-refractivity contribution in [2.24, 2.45) is 0 Å². The summed E-state index contributed by atoms with van der Waals surface area (Å²) < 4.78 is 5.32. The second kappa shape index (κ2) is 7.16. The van der Waals surface area contributed by atoms with Gasteiger partial charge in [-0.05, 0) is 47.9 Å². The van der Waals surface area contributed by atoms with Gasteiger partial charge in [0, 0.05) is 32.2 Å². The van der Waals surface area contributed by atoms with Gasteiger partial charge in [0.05, 0.1) is 7.11 Å². The number of methoxy groups -OCH3 is 1. The van der Waals surface area contributed by atoms with Gasteiger partial charge in [-0.25, -0.2) is 0 Å². The maximum atomic E-state index is 5.32. The van der Waals surface area contributed by atoms with Crippen molar-refractivity contribution in [2.45, 2.75) is 19.4 Å². The van der Waals surface area contributed by atoms with Gasteiger partial charge in [-0.15, -0.1) is 6.58 Å². The van der Waals surface area contributed by atoms with E-state index in [0.29, 0.717) is 6.04 Å². The zero-order valence-electron chi connectivity index (χ0n) is 14.1. The van der Waals surface area contributed by atoms with Crippen LogP contribution in [0.3, 0.4) is 0 Å². The highest BCUT2D eigenvalue weighted by molar-refractivity contribution is 5.84. The highest BCUT2D eigenvalue weighted by atomic mass is 16.5. The Labute approximate surface area is 138 Å². The third-order valence-electron chi connectivity index (χ3n) is 4.59. The first-order valence-corrected chi connectivity index (χ1v) is 8.34. The summed E-state index contributed by atoms with van der Waals surface area (Å²) in [5.41, 5.74) is 2.62. The summed E-state index contributed by atoms with van der Waals surface area (Å²) in [5.74, 6) is 0.908. The molecule has 122 valence electrons. The molecule has 1 aliphatic rings. The predicted molar refractivity (Wildman–Crippen MR) is 97.1 cm³/mol. The molecule has 0 bridgehead atoms. The molecule has 1 aliphatic heterocycles. The standard InChI is InChI=1S/C20H26N2O/c1-15(2)12-20(22-10-8-21-9-11-22)18-5-4-17-14-19(23-3)7-6-16(17)13-18/h4-7,13-14,20-21H,1,8-12H2,2-3H3/t20-/m1/s1. The van der Waals surface area contributed by atoms with Crippen molar-refractivity contribution in [3.63, 3.8) is 0 Å². The summed E-state index contributed by atoms with van der Waals surface area (Å²) in [6.45, 7) is 10.6. The number of benzene rings is 2. The molecule has 3 heteroatoms. The van der Waals surface area contributed by atoms with Crippen LogP contribution in [0, 0.1) is 0 Å². The van der Waals surface area contributed by atoms with Crippen molar-refractivity contribution in [3.05, 3.63) is 54.1 Å². The second-order valence-electron chi connectivity index (χ2n) is 6.44. The summed E-state index contributed by atoms with van der Waals surface area (Å²) in [5, 5.41) is 5.93. The number of nitrogens with one attached hydrogen (secondary N) is 1. The van der Waals surface area contributed by atoms with E-state index in [9.17, 15) is 0 Å². The normalized spacial score (nSPS) is 17.1. The molecule has 0 unspecified atom stereocenters. The summed E-state index contributed by atoms with van der Waals surface area (Å²) in [6.07, 6.45) is 1.02. The van der Waals surface area contributed by atoms with E-state index in [1.807, 2.05) is 6.07 Å². The minimum absolute atomic E-state index is 0.418. The average Bonchev–Trinajstić information content (AvgIpc) is 2.59. The first-order valence-electron chi connectivity index (χ1n) is 8.34. The van der Waals surface area contributed by atoms with Gasteiger partial charge in [0.1, 0.15) is 5.75 Å². The monoisotopic (exact) mass is 310 g/mol. The molecule has 2 aromatic rings. The molecule has 2 aromatic carbocycles. The highest BCUT2D eigenvalue weighted by Crippen LogP contribution is 2.31. The van der Waals surface area contributed by atoms with Crippen molar-refractivity contribution in [1.29, 1.82) is 0 Å². The topological polar surface area (TPSA) is 24.5 Å². The number of fused-ring (bicyclic) bond motifs is 1. The maximum absolute atomic E-state index is 5.32. The van der Waals surface area contributed by atoms with Crippen LogP contribution in [0.2, 0.25) is 0 Å². The van der Waals surface area contributed by atoms with Gasteiger partial charge in [0.15, 0.2) is 0 Å². The first kappa shape index (κ1) is 16.0. The van der Waals surface area contributed by atoms with Gasteiger partial charge < -0.3 is 10.1 Å². The molecule has 1 saturated heterocycles. The molecule has 1 N–H and O–H groups in total. The Morgan fingerprint density at radius 2 is 1.87 bits per heavy atom. The summed E-state index contributed by atoms with van der Waals surface area (Å²) >= 11 is 0. The Morgan fingerprint density at radius 3 is 2.57 bits per heavy atom. The lowest BCUT2D eigenvalue weighted by atomic mass is 9.95. The van der Waals surface area contributed by atoms with E-state index < -0.39 is 0 Å². The van der Waals surface area contributed by atoms with Crippen molar-refractivity contribution >= 4 is 10.8 Å². The van der Waals surface area contributed by atoms with Crippen LogP contribution in [0.5, 0.6) is 5.75 Å². The molecule has 3 rings (SSSR count). The minimum Gasteiger partial charge on any atom is -0.497 e. The Balaban J connectivity index is 1.94. The molecule has 0 radical (unpaired) electrons. The molecular formula is C20H26N2O. The molecule has 0 spiro atoms. The molecule has 1 heterocycles. The van der Waals surface area contributed by atoms with E-state index in [2.05, 4.69) is 54.1 Å². The second-order valence-corrected chi connectivity index (χ2v) is 6.44. The Hall–Kier alpha value is -1.84. The predicted octanol–water partition coefficient (Wildman–Crippen LogP) is 3.76. The van der Waals surface area contributed by atoms with Gasteiger partial charge in [-0.1, -0.05) is 23.8 Å². The zero-order chi connectivity index (χ0) is 16.2. The van der Waals surface area contributed by atoms with Gasteiger partial charge in [0.2, 0.25) is 0 Å². The van der Waals surface area contributed by atoms with Crippen molar-refractivity contribution < 1.29 is 4.74 Å². The average molecular weight is 310 g/mol. The van der Waals surface area contributed by atoms with Crippen LogP contribution in [0.25, 0.3) is 10.8 Å². The number of hydrogen-bond acceptors (Lipinski definition) is 3. The maximum Gasteiger partial charge on any atom is 0.119 e. The van der Waals surface area contributed by atoms with E-state index in [1.54, 1.807) is 7.11 Å². The number of ether oxygens (including phenoxy) is 1. The molecule has 0 aromatic heterocycles. The summed E-state index contributed by atoms with van der Waals surface area (Å²) in [6, 6.07) is 13.5. The van der Waals surface area contributed by atoms with E-state index >= 15 is 0 Å². The smallest absolute Gasteiger partial charge is 0.119 e. The number of piperazine rings is 1. The van der Waals surface area contributed by atoms with E-state index in [4.69, 9.17) is 4.74 Å². The Bertz CT molecular complexity index is 689. The van der Waals surface area contributed by atoms with Crippen LogP contribution >= 0.6 is 0 Å². The molecular weight excluding hydrogens is 284 g/mol. The SMILES string of the molecule is C=C(C)C[C@H](c1ccc2cc(OC)ccc2c1)N1CCNCC1. The van der Waals surface area contributed by atoms with E-state index in [-0.39, 0.29) is 0 Å². The lowest BCUT2D eigenvalue weighted by Crippen LogP contribution is -2.45. The van der Waals surface area contributed by atoms with Crippen LogP contribution in [-0.2, 0) is 0 Å². The van der Waals surface area contributed by atoms with Crippen molar-refractivity contribution in [2.75, 3.05) is 33.3 Å². The van der Waals surface area contributed by atoms with Crippen LogP contribution in [0.15, 0.2) is 48.6 Å². The lowest BCUT2D eigenvalue weighted by Gasteiger charge is -2.35. The van der Waals surface area contributed by atoms with Crippen molar-refractivity contribution in [3.8, 4) is 5.75 Å². The summed E-state index contributed by atoms with van der Waals surface area (Å²) in [4.78, 5) is 2.58. The third kappa shape index (κ3) is 3.74. The van der Waals surface area contributed by atoms with E-state index in [0.717, 1.165) is 38.3 Å². The molecule has 0 amide bonds. The van der Waals surface area contributed by atoms with Crippen LogP contribution < -0.4 is 10.1 Å². The fourth-order valence-corrected chi connectivity index (χ4v) is 3.36. The van der Waals surface area contributed by atoms with Gasteiger partial charge in [-0.3, -0.25) is 4.90 Å². The number of nitrogens with zero attached hydrogens (tertiary/aromatic N) is 1. The summed E-state index contributed by atoms with van der Waals surface area (Å²) in [7, 11) is 1.71. The van der Waals surface area contributed by atoms with Gasteiger partial charge >= 0.3 is 0 Å². The minimum atomic E-state index is 0.418. The molecule has 1 fully saturated rings.